The lowest BCUT2D eigenvalue weighted by atomic mass is 9.48. The van der Waals surface area contributed by atoms with E-state index in [1.54, 1.807) is 25.7 Å². The van der Waals surface area contributed by atoms with Gasteiger partial charge in [-0.2, -0.15) is 0 Å². The van der Waals surface area contributed by atoms with Gasteiger partial charge in [-0.25, -0.2) is 0 Å². The highest BCUT2D eigenvalue weighted by Gasteiger charge is 2.68. The Balaban J connectivity index is 0.000000493. The third kappa shape index (κ3) is 4.53. The van der Waals surface area contributed by atoms with Crippen molar-refractivity contribution < 1.29 is 5.11 Å². The summed E-state index contributed by atoms with van der Waals surface area (Å²) in [6.45, 7) is 17.5. The SMILES string of the molecule is CC.CC.CC.CC[C@H]1CCC2C3CCC4(C)C(CCO)[C@H]5C[C@H]5C4[C@@H]3CC[C@@H]2C1. The Labute approximate surface area is 190 Å². The normalized spacial score (nSPS) is 47.3. The van der Waals surface area contributed by atoms with Crippen molar-refractivity contribution in [2.24, 2.45) is 58.7 Å². The molecule has 5 unspecified atom stereocenters. The molecule has 10 atom stereocenters. The minimum atomic E-state index is 0.424. The van der Waals surface area contributed by atoms with E-state index < -0.39 is 0 Å². The highest BCUT2D eigenvalue weighted by molar-refractivity contribution is 5.17. The molecular weight excluding hydrogens is 364 g/mol. The van der Waals surface area contributed by atoms with Crippen LogP contribution in [0, 0.1) is 58.7 Å². The van der Waals surface area contributed by atoms with Crippen LogP contribution in [0.2, 0.25) is 0 Å². The first-order chi connectivity index (χ1) is 14.7. The standard InChI is InChI=1S/C23H38O.3C2H6/c1-3-14-4-6-16-15(12-14)5-7-18-17(16)8-10-23(2)21(9-11-24)19-13-20(19)22(18)23;3*1-2/h14-22,24H,3-13H2,1-2H3;3*1-2H3/t14-,15+,16?,17?,18+,19-,20+,21?,22?,23?;;;/m0.../s1. The quantitative estimate of drug-likeness (QED) is 0.484. The first kappa shape index (κ1) is 26.2. The fraction of sp³-hybridized carbons (Fsp3) is 1.00. The van der Waals surface area contributed by atoms with Crippen molar-refractivity contribution in [2.45, 2.75) is 120 Å². The molecule has 0 bridgehead atoms. The van der Waals surface area contributed by atoms with Crippen LogP contribution >= 0.6 is 0 Å². The fourth-order valence-electron chi connectivity index (χ4n) is 9.12. The van der Waals surface area contributed by atoms with Gasteiger partial charge in [0.1, 0.15) is 0 Å². The van der Waals surface area contributed by atoms with Crippen molar-refractivity contribution in [3.8, 4) is 0 Å². The molecule has 5 fully saturated rings. The zero-order valence-electron chi connectivity index (χ0n) is 21.9. The lowest BCUT2D eigenvalue weighted by Crippen LogP contribution is -2.50. The summed E-state index contributed by atoms with van der Waals surface area (Å²) in [5, 5.41) is 9.60. The first-order valence-corrected chi connectivity index (χ1v) is 14.3. The van der Waals surface area contributed by atoms with Gasteiger partial charge in [0.15, 0.2) is 0 Å². The van der Waals surface area contributed by atoms with Crippen LogP contribution in [-0.2, 0) is 0 Å². The van der Waals surface area contributed by atoms with E-state index in [0.717, 1.165) is 59.7 Å². The number of aliphatic hydroxyl groups is 1. The second kappa shape index (κ2) is 11.7. The Bertz CT molecular complexity index is 487. The van der Waals surface area contributed by atoms with E-state index in [4.69, 9.17) is 0 Å². The maximum absolute atomic E-state index is 9.60. The predicted molar refractivity (Wildman–Crippen MR) is 132 cm³/mol. The van der Waals surface area contributed by atoms with E-state index in [0.29, 0.717) is 12.0 Å². The smallest absolute Gasteiger partial charge is 0.0433 e. The van der Waals surface area contributed by atoms with E-state index >= 15 is 0 Å². The zero-order chi connectivity index (χ0) is 22.5. The highest BCUT2D eigenvalue weighted by atomic mass is 16.3. The van der Waals surface area contributed by atoms with Gasteiger partial charge in [-0.15, -0.1) is 0 Å². The van der Waals surface area contributed by atoms with E-state index in [1.807, 2.05) is 41.5 Å². The number of fused-ring (bicyclic) bond motifs is 7. The maximum atomic E-state index is 9.60. The van der Waals surface area contributed by atoms with Crippen LogP contribution in [0.25, 0.3) is 0 Å². The minimum Gasteiger partial charge on any atom is -0.396 e. The van der Waals surface area contributed by atoms with Crippen LogP contribution in [0.4, 0.5) is 0 Å². The zero-order valence-corrected chi connectivity index (χ0v) is 21.9. The summed E-state index contributed by atoms with van der Waals surface area (Å²) >= 11 is 0. The molecule has 1 nitrogen and oxygen atoms in total. The fourth-order valence-corrected chi connectivity index (χ4v) is 9.12. The van der Waals surface area contributed by atoms with Crippen molar-refractivity contribution >= 4 is 0 Å². The molecule has 0 saturated heterocycles. The van der Waals surface area contributed by atoms with Gasteiger partial charge in [-0.05, 0) is 110 Å². The van der Waals surface area contributed by atoms with Gasteiger partial charge in [0.25, 0.3) is 0 Å². The molecule has 0 radical (unpaired) electrons. The summed E-state index contributed by atoms with van der Waals surface area (Å²) in [6.07, 6.45) is 14.8. The first-order valence-electron chi connectivity index (χ1n) is 14.3. The summed E-state index contributed by atoms with van der Waals surface area (Å²) in [4.78, 5) is 0. The maximum Gasteiger partial charge on any atom is 0.0433 e. The Kier molecular flexibility index (Phi) is 10.2. The monoisotopic (exact) mass is 420 g/mol. The predicted octanol–water partition coefficient (Wildman–Crippen LogP) is 8.60. The lowest BCUT2D eigenvalue weighted by Gasteiger charge is -2.57. The third-order valence-corrected chi connectivity index (χ3v) is 10.1. The van der Waals surface area contributed by atoms with Crippen LogP contribution in [0.15, 0.2) is 0 Å². The third-order valence-electron chi connectivity index (χ3n) is 10.1. The van der Waals surface area contributed by atoms with Gasteiger partial charge >= 0.3 is 0 Å². The molecule has 5 rings (SSSR count). The molecule has 0 aromatic heterocycles. The van der Waals surface area contributed by atoms with Crippen molar-refractivity contribution in [1.82, 2.24) is 0 Å². The number of hydrogen-bond acceptors (Lipinski definition) is 1. The molecule has 1 N–H and O–H groups in total. The molecular formula is C29H56O. The molecule has 5 saturated carbocycles. The van der Waals surface area contributed by atoms with Crippen LogP contribution in [0.3, 0.4) is 0 Å². The Morgan fingerprint density at radius 2 is 1.40 bits per heavy atom. The van der Waals surface area contributed by atoms with E-state index in [2.05, 4.69) is 13.8 Å². The molecule has 0 spiro atoms. The van der Waals surface area contributed by atoms with E-state index in [1.165, 1.54) is 32.1 Å². The van der Waals surface area contributed by atoms with Crippen molar-refractivity contribution in [3.05, 3.63) is 0 Å². The van der Waals surface area contributed by atoms with Gasteiger partial charge in [-0.1, -0.05) is 68.2 Å². The average Bonchev–Trinajstić information content (AvgIpc) is 3.55. The topological polar surface area (TPSA) is 20.2 Å². The van der Waals surface area contributed by atoms with Crippen LogP contribution in [0.5, 0.6) is 0 Å². The molecule has 5 aliphatic rings. The van der Waals surface area contributed by atoms with Crippen LogP contribution in [-0.4, -0.2) is 11.7 Å². The van der Waals surface area contributed by atoms with Gasteiger partial charge in [-0.3, -0.25) is 0 Å². The summed E-state index contributed by atoms with van der Waals surface area (Å²) < 4.78 is 0. The summed E-state index contributed by atoms with van der Waals surface area (Å²) in [5.74, 6) is 9.29. The molecule has 5 aliphatic carbocycles. The van der Waals surface area contributed by atoms with Crippen LogP contribution < -0.4 is 0 Å². The number of hydrogen-bond donors (Lipinski definition) is 1. The summed E-state index contributed by atoms with van der Waals surface area (Å²) in [7, 11) is 0. The molecule has 0 aromatic rings. The molecule has 1 heteroatoms. The van der Waals surface area contributed by atoms with Gasteiger partial charge in [0.2, 0.25) is 0 Å². The Morgan fingerprint density at radius 1 is 0.733 bits per heavy atom. The molecule has 0 heterocycles. The van der Waals surface area contributed by atoms with Crippen molar-refractivity contribution in [1.29, 1.82) is 0 Å². The molecule has 30 heavy (non-hydrogen) atoms. The van der Waals surface area contributed by atoms with E-state index in [-0.39, 0.29) is 0 Å². The second-order valence-electron chi connectivity index (χ2n) is 10.7. The Hall–Kier alpha value is -0.0400. The molecule has 178 valence electrons. The largest absolute Gasteiger partial charge is 0.396 e. The second-order valence-corrected chi connectivity index (χ2v) is 10.7. The number of aliphatic hydroxyl groups excluding tert-OH is 1. The van der Waals surface area contributed by atoms with E-state index in [9.17, 15) is 5.11 Å². The van der Waals surface area contributed by atoms with Gasteiger partial charge in [0, 0.05) is 6.61 Å². The number of rotatable bonds is 3. The lowest BCUT2D eigenvalue weighted by molar-refractivity contribution is -0.0827. The average molecular weight is 421 g/mol. The van der Waals surface area contributed by atoms with Crippen molar-refractivity contribution in [2.75, 3.05) is 6.61 Å². The summed E-state index contributed by atoms with van der Waals surface area (Å²) in [5.41, 5.74) is 0.588. The Morgan fingerprint density at radius 3 is 2.03 bits per heavy atom. The van der Waals surface area contributed by atoms with Gasteiger partial charge in [0.05, 0.1) is 0 Å². The van der Waals surface area contributed by atoms with Crippen molar-refractivity contribution in [3.63, 3.8) is 0 Å². The van der Waals surface area contributed by atoms with Crippen LogP contribution in [0.1, 0.15) is 120 Å². The summed E-state index contributed by atoms with van der Waals surface area (Å²) in [6, 6.07) is 0. The molecule has 0 aliphatic heterocycles. The molecule has 0 amide bonds. The molecule has 0 aromatic carbocycles. The highest BCUT2D eigenvalue weighted by Crippen LogP contribution is 2.75. The van der Waals surface area contributed by atoms with Gasteiger partial charge < -0.3 is 5.11 Å². The minimum absolute atomic E-state index is 0.424.